The first-order chi connectivity index (χ1) is 9.69. The molecule has 2 N–H and O–H groups in total. The summed E-state index contributed by atoms with van der Waals surface area (Å²) in [6, 6.07) is 0. The van der Waals surface area contributed by atoms with E-state index in [0.29, 0.717) is 17.8 Å². The summed E-state index contributed by atoms with van der Waals surface area (Å²) in [7, 11) is 0. The van der Waals surface area contributed by atoms with Crippen LogP contribution in [0.15, 0.2) is 0 Å². The van der Waals surface area contributed by atoms with Crippen LogP contribution in [-0.4, -0.2) is 41.1 Å². The van der Waals surface area contributed by atoms with Crippen LogP contribution in [0.2, 0.25) is 0 Å². The Labute approximate surface area is 121 Å². The molecule has 1 saturated heterocycles. The lowest BCUT2D eigenvalue weighted by Crippen LogP contribution is -2.22. The standard InChI is InChI=1S/C14H26N6/c1-4-15-12-17-13(16-8-7-11(2)3)19-14(18-12)20-9-5-6-10-20/h11H,4-10H2,1-3H3,(H2,15,16,17,18,19). The van der Waals surface area contributed by atoms with E-state index < -0.39 is 0 Å². The Morgan fingerprint density at radius 2 is 1.70 bits per heavy atom. The van der Waals surface area contributed by atoms with Gasteiger partial charge in [0.15, 0.2) is 0 Å². The summed E-state index contributed by atoms with van der Waals surface area (Å²) in [5.41, 5.74) is 0. The number of hydrogen-bond donors (Lipinski definition) is 2. The zero-order chi connectivity index (χ0) is 14.4. The molecule has 0 saturated carbocycles. The quantitative estimate of drug-likeness (QED) is 0.798. The highest BCUT2D eigenvalue weighted by Crippen LogP contribution is 2.18. The van der Waals surface area contributed by atoms with Crippen LogP contribution in [0, 0.1) is 5.92 Å². The predicted molar refractivity (Wildman–Crippen MR) is 83.4 cm³/mol. The summed E-state index contributed by atoms with van der Waals surface area (Å²) in [5.74, 6) is 2.81. The second kappa shape index (κ2) is 7.26. The molecule has 1 aliphatic heterocycles. The zero-order valence-corrected chi connectivity index (χ0v) is 12.8. The van der Waals surface area contributed by atoms with E-state index >= 15 is 0 Å². The SMILES string of the molecule is CCNc1nc(NCCC(C)C)nc(N2CCCC2)n1. The average molecular weight is 278 g/mol. The van der Waals surface area contributed by atoms with Crippen molar-refractivity contribution in [2.75, 3.05) is 41.7 Å². The molecule has 1 aromatic rings. The van der Waals surface area contributed by atoms with Crippen LogP contribution in [-0.2, 0) is 0 Å². The lowest BCUT2D eigenvalue weighted by atomic mass is 10.1. The van der Waals surface area contributed by atoms with Crippen LogP contribution in [0.5, 0.6) is 0 Å². The second-order valence-corrected chi connectivity index (χ2v) is 5.62. The van der Waals surface area contributed by atoms with Gasteiger partial charge in [-0.15, -0.1) is 0 Å². The second-order valence-electron chi connectivity index (χ2n) is 5.62. The first-order valence-corrected chi connectivity index (χ1v) is 7.67. The molecule has 6 nitrogen and oxygen atoms in total. The van der Waals surface area contributed by atoms with Crippen LogP contribution >= 0.6 is 0 Å². The van der Waals surface area contributed by atoms with E-state index in [1.54, 1.807) is 0 Å². The Kier molecular flexibility index (Phi) is 5.38. The van der Waals surface area contributed by atoms with E-state index in [2.05, 4.69) is 44.3 Å². The van der Waals surface area contributed by atoms with Crippen molar-refractivity contribution in [3.63, 3.8) is 0 Å². The smallest absolute Gasteiger partial charge is 0.231 e. The molecule has 20 heavy (non-hydrogen) atoms. The third kappa shape index (κ3) is 4.21. The van der Waals surface area contributed by atoms with E-state index in [9.17, 15) is 0 Å². The van der Waals surface area contributed by atoms with Gasteiger partial charge in [0.1, 0.15) is 0 Å². The third-order valence-corrected chi connectivity index (χ3v) is 3.35. The van der Waals surface area contributed by atoms with Gasteiger partial charge < -0.3 is 15.5 Å². The van der Waals surface area contributed by atoms with Gasteiger partial charge in [0, 0.05) is 26.2 Å². The van der Waals surface area contributed by atoms with Crippen molar-refractivity contribution in [2.45, 2.75) is 40.0 Å². The molecule has 0 radical (unpaired) electrons. The van der Waals surface area contributed by atoms with Gasteiger partial charge in [-0.05, 0) is 32.1 Å². The average Bonchev–Trinajstić information content (AvgIpc) is 2.92. The van der Waals surface area contributed by atoms with Crippen molar-refractivity contribution >= 4 is 17.8 Å². The minimum absolute atomic E-state index is 0.663. The van der Waals surface area contributed by atoms with Gasteiger partial charge in [-0.25, -0.2) is 0 Å². The predicted octanol–water partition coefficient (Wildman–Crippen LogP) is 2.36. The first kappa shape index (κ1) is 14.8. The van der Waals surface area contributed by atoms with Gasteiger partial charge in [0.2, 0.25) is 17.8 Å². The molecule has 0 bridgehead atoms. The molecule has 1 aliphatic rings. The van der Waals surface area contributed by atoms with Crippen molar-refractivity contribution in [1.82, 2.24) is 15.0 Å². The fraction of sp³-hybridized carbons (Fsp3) is 0.786. The maximum Gasteiger partial charge on any atom is 0.231 e. The maximum absolute atomic E-state index is 4.55. The van der Waals surface area contributed by atoms with Crippen molar-refractivity contribution in [3.05, 3.63) is 0 Å². The normalized spacial score (nSPS) is 14.9. The molecule has 2 heterocycles. The monoisotopic (exact) mass is 278 g/mol. The molecule has 0 spiro atoms. The topological polar surface area (TPSA) is 66.0 Å². The number of aromatic nitrogens is 3. The van der Waals surface area contributed by atoms with Crippen LogP contribution in [0.25, 0.3) is 0 Å². The van der Waals surface area contributed by atoms with Crippen molar-refractivity contribution in [3.8, 4) is 0 Å². The van der Waals surface area contributed by atoms with E-state index in [0.717, 1.165) is 38.5 Å². The van der Waals surface area contributed by atoms with Crippen molar-refractivity contribution in [1.29, 1.82) is 0 Å². The minimum atomic E-state index is 0.663. The molecular weight excluding hydrogens is 252 g/mol. The molecule has 0 aliphatic carbocycles. The molecule has 0 aromatic carbocycles. The minimum Gasteiger partial charge on any atom is -0.354 e. The van der Waals surface area contributed by atoms with Crippen LogP contribution in [0.3, 0.4) is 0 Å². The highest BCUT2D eigenvalue weighted by Gasteiger charge is 2.17. The molecule has 1 aromatic heterocycles. The van der Waals surface area contributed by atoms with Crippen molar-refractivity contribution in [2.24, 2.45) is 5.92 Å². The first-order valence-electron chi connectivity index (χ1n) is 7.67. The highest BCUT2D eigenvalue weighted by atomic mass is 15.3. The summed E-state index contributed by atoms with van der Waals surface area (Å²) in [6.07, 6.45) is 3.55. The Hall–Kier alpha value is -1.59. The number of rotatable bonds is 7. The van der Waals surface area contributed by atoms with Crippen LogP contribution in [0.1, 0.15) is 40.0 Å². The Bertz CT molecular complexity index is 414. The maximum atomic E-state index is 4.55. The summed E-state index contributed by atoms with van der Waals surface area (Å²) in [4.78, 5) is 15.7. The largest absolute Gasteiger partial charge is 0.354 e. The molecule has 1 fully saturated rings. The van der Waals surface area contributed by atoms with Crippen LogP contribution < -0.4 is 15.5 Å². The van der Waals surface area contributed by atoms with Gasteiger partial charge in [-0.1, -0.05) is 13.8 Å². The fourth-order valence-electron chi connectivity index (χ4n) is 2.21. The third-order valence-electron chi connectivity index (χ3n) is 3.35. The van der Waals surface area contributed by atoms with E-state index in [1.807, 2.05) is 6.92 Å². The Morgan fingerprint density at radius 3 is 2.30 bits per heavy atom. The van der Waals surface area contributed by atoms with E-state index in [-0.39, 0.29) is 0 Å². The number of hydrogen-bond acceptors (Lipinski definition) is 6. The lowest BCUT2D eigenvalue weighted by Gasteiger charge is -2.17. The molecule has 2 rings (SSSR count). The van der Waals surface area contributed by atoms with Crippen LogP contribution in [0.4, 0.5) is 17.8 Å². The fourth-order valence-corrected chi connectivity index (χ4v) is 2.21. The Balaban J connectivity index is 2.08. The number of nitrogens with zero attached hydrogens (tertiary/aromatic N) is 4. The Morgan fingerprint density at radius 1 is 1.05 bits per heavy atom. The van der Waals surface area contributed by atoms with Gasteiger partial charge in [-0.2, -0.15) is 15.0 Å². The van der Waals surface area contributed by atoms with Gasteiger partial charge in [-0.3, -0.25) is 0 Å². The van der Waals surface area contributed by atoms with Gasteiger partial charge in [0.05, 0.1) is 0 Å². The molecular formula is C14H26N6. The molecule has 112 valence electrons. The van der Waals surface area contributed by atoms with E-state index in [4.69, 9.17) is 0 Å². The van der Waals surface area contributed by atoms with Crippen molar-refractivity contribution < 1.29 is 0 Å². The summed E-state index contributed by atoms with van der Waals surface area (Å²) in [5, 5.41) is 6.49. The number of anilines is 3. The van der Waals surface area contributed by atoms with Gasteiger partial charge in [0.25, 0.3) is 0 Å². The summed E-state index contributed by atoms with van der Waals surface area (Å²) >= 11 is 0. The molecule has 0 unspecified atom stereocenters. The zero-order valence-electron chi connectivity index (χ0n) is 12.8. The number of nitrogens with one attached hydrogen (secondary N) is 2. The molecule has 0 amide bonds. The lowest BCUT2D eigenvalue weighted by molar-refractivity contribution is 0.605. The van der Waals surface area contributed by atoms with Gasteiger partial charge >= 0.3 is 0 Å². The summed E-state index contributed by atoms with van der Waals surface area (Å²) in [6.45, 7) is 10.3. The van der Waals surface area contributed by atoms with E-state index in [1.165, 1.54) is 12.8 Å². The summed E-state index contributed by atoms with van der Waals surface area (Å²) < 4.78 is 0. The highest BCUT2D eigenvalue weighted by molar-refractivity contribution is 5.44. The molecule has 0 atom stereocenters. The molecule has 6 heteroatoms.